The van der Waals surface area contributed by atoms with Gasteiger partial charge < -0.3 is 0 Å². The summed E-state index contributed by atoms with van der Waals surface area (Å²) < 4.78 is 1.21. The Bertz CT molecular complexity index is 307. The van der Waals surface area contributed by atoms with Gasteiger partial charge in [0.1, 0.15) is 0 Å². The van der Waals surface area contributed by atoms with E-state index in [0.29, 0.717) is 5.25 Å². The highest BCUT2D eigenvalue weighted by atomic mass is 79.9. The fourth-order valence-electron chi connectivity index (χ4n) is 1.50. The van der Waals surface area contributed by atoms with Crippen molar-refractivity contribution in [2.24, 2.45) is 0 Å². The van der Waals surface area contributed by atoms with Gasteiger partial charge in [0.25, 0.3) is 0 Å². The van der Waals surface area contributed by atoms with Gasteiger partial charge in [-0.05, 0) is 17.9 Å². The zero-order chi connectivity index (χ0) is 10.8. The molecule has 0 saturated heterocycles. The molecule has 78 valence electrons. The quantitative estimate of drug-likeness (QED) is 0.782. The molecule has 0 heterocycles. The van der Waals surface area contributed by atoms with Crippen LogP contribution in [0.4, 0.5) is 0 Å². The molecule has 0 aliphatic rings. The lowest BCUT2D eigenvalue weighted by Crippen LogP contribution is -2.29. The molecule has 2 heteroatoms. The standard InChI is InChI=1S/C12H17BrS/c1-9(14-4)12(2,3)10-7-5-6-8-11(10)13/h5-9H,1-4H3. The second kappa shape index (κ2) is 4.71. The maximum absolute atomic E-state index is 3.62. The number of rotatable bonds is 3. The molecular formula is C12H17BrS. The van der Waals surface area contributed by atoms with Crippen LogP contribution >= 0.6 is 27.7 Å². The zero-order valence-electron chi connectivity index (χ0n) is 9.17. The molecule has 1 aromatic rings. The van der Waals surface area contributed by atoms with Crippen molar-refractivity contribution in [2.75, 3.05) is 6.26 Å². The molecule has 1 aromatic carbocycles. The second-order valence-electron chi connectivity index (χ2n) is 4.08. The first-order chi connectivity index (χ1) is 6.50. The van der Waals surface area contributed by atoms with Crippen molar-refractivity contribution in [3.63, 3.8) is 0 Å². The molecule has 14 heavy (non-hydrogen) atoms. The lowest BCUT2D eigenvalue weighted by Gasteiger charge is -2.32. The van der Waals surface area contributed by atoms with Crippen LogP contribution in [0.25, 0.3) is 0 Å². The minimum atomic E-state index is 0.208. The van der Waals surface area contributed by atoms with E-state index in [2.05, 4.69) is 67.2 Å². The number of hydrogen-bond acceptors (Lipinski definition) is 1. The summed E-state index contributed by atoms with van der Waals surface area (Å²) in [7, 11) is 0. The van der Waals surface area contributed by atoms with Crippen LogP contribution in [-0.2, 0) is 5.41 Å². The van der Waals surface area contributed by atoms with E-state index in [0.717, 1.165) is 0 Å². The van der Waals surface area contributed by atoms with E-state index in [9.17, 15) is 0 Å². The molecule has 0 bridgehead atoms. The van der Waals surface area contributed by atoms with E-state index in [-0.39, 0.29) is 5.41 Å². The van der Waals surface area contributed by atoms with Crippen LogP contribution in [0, 0.1) is 0 Å². The molecular weight excluding hydrogens is 256 g/mol. The molecule has 0 radical (unpaired) electrons. The molecule has 0 nitrogen and oxygen atoms in total. The summed E-state index contributed by atoms with van der Waals surface area (Å²) in [5.41, 5.74) is 1.60. The van der Waals surface area contributed by atoms with Crippen molar-refractivity contribution in [1.29, 1.82) is 0 Å². The number of benzene rings is 1. The first-order valence-electron chi connectivity index (χ1n) is 4.78. The molecule has 0 aliphatic carbocycles. The highest BCUT2D eigenvalue weighted by Crippen LogP contribution is 2.37. The molecule has 0 saturated carbocycles. The van der Waals surface area contributed by atoms with Gasteiger partial charge in [0, 0.05) is 15.1 Å². The number of thioether (sulfide) groups is 1. The van der Waals surface area contributed by atoms with Crippen LogP contribution in [0.2, 0.25) is 0 Å². The van der Waals surface area contributed by atoms with Crippen LogP contribution in [0.15, 0.2) is 28.7 Å². The average Bonchev–Trinajstić information content (AvgIpc) is 2.17. The summed E-state index contributed by atoms with van der Waals surface area (Å²) in [5.74, 6) is 0. The van der Waals surface area contributed by atoms with Gasteiger partial charge in [0.05, 0.1) is 0 Å². The summed E-state index contributed by atoms with van der Waals surface area (Å²) in [6.45, 7) is 6.88. The molecule has 0 aliphatic heterocycles. The third kappa shape index (κ3) is 2.34. The fraction of sp³-hybridized carbons (Fsp3) is 0.500. The normalized spacial score (nSPS) is 14.1. The Labute approximate surface area is 99.6 Å². The second-order valence-corrected chi connectivity index (χ2v) is 6.11. The van der Waals surface area contributed by atoms with Gasteiger partial charge in [-0.25, -0.2) is 0 Å². The van der Waals surface area contributed by atoms with Gasteiger partial charge in [-0.1, -0.05) is 54.9 Å². The Morgan fingerprint density at radius 2 is 1.86 bits per heavy atom. The maximum Gasteiger partial charge on any atom is 0.0213 e. The summed E-state index contributed by atoms with van der Waals surface area (Å²) in [6.07, 6.45) is 2.17. The molecule has 0 amide bonds. The predicted octanol–water partition coefficient (Wildman–Crippen LogP) is 4.48. The third-order valence-electron chi connectivity index (χ3n) is 2.94. The lowest BCUT2D eigenvalue weighted by molar-refractivity contribution is 0.518. The monoisotopic (exact) mass is 272 g/mol. The largest absolute Gasteiger partial charge is 0.161 e. The van der Waals surface area contributed by atoms with Gasteiger partial charge >= 0.3 is 0 Å². The lowest BCUT2D eigenvalue weighted by atomic mass is 9.82. The molecule has 1 atom stereocenters. The molecule has 1 unspecified atom stereocenters. The SMILES string of the molecule is CSC(C)C(C)(C)c1ccccc1Br. The third-order valence-corrected chi connectivity index (χ3v) is 4.93. The van der Waals surface area contributed by atoms with E-state index in [1.54, 1.807) is 0 Å². The maximum atomic E-state index is 3.62. The Balaban J connectivity index is 3.09. The van der Waals surface area contributed by atoms with Crippen LogP contribution in [0.3, 0.4) is 0 Å². The van der Waals surface area contributed by atoms with Crippen molar-refractivity contribution >= 4 is 27.7 Å². The summed E-state index contributed by atoms with van der Waals surface area (Å²) >= 11 is 5.53. The van der Waals surface area contributed by atoms with Crippen molar-refractivity contribution in [1.82, 2.24) is 0 Å². The van der Waals surface area contributed by atoms with Crippen LogP contribution in [0.5, 0.6) is 0 Å². The minimum absolute atomic E-state index is 0.208. The Morgan fingerprint density at radius 3 is 2.36 bits per heavy atom. The Morgan fingerprint density at radius 1 is 1.29 bits per heavy atom. The molecule has 1 rings (SSSR count). The first kappa shape index (κ1) is 12.1. The van der Waals surface area contributed by atoms with Gasteiger partial charge in [-0.2, -0.15) is 11.8 Å². The number of hydrogen-bond donors (Lipinski definition) is 0. The van der Waals surface area contributed by atoms with Crippen molar-refractivity contribution < 1.29 is 0 Å². The van der Waals surface area contributed by atoms with Crippen LogP contribution < -0.4 is 0 Å². The molecule has 0 aromatic heterocycles. The predicted molar refractivity (Wildman–Crippen MR) is 70.1 cm³/mol. The summed E-state index contributed by atoms with van der Waals surface area (Å²) in [5, 5.41) is 0.612. The van der Waals surface area contributed by atoms with E-state index in [1.165, 1.54) is 10.0 Å². The van der Waals surface area contributed by atoms with Crippen molar-refractivity contribution in [3.05, 3.63) is 34.3 Å². The van der Waals surface area contributed by atoms with E-state index in [1.807, 2.05) is 11.8 Å². The van der Waals surface area contributed by atoms with Crippen molar-refractivity contribution in [2.45, 2.75) is 31.4 Å². The Kier molecular flexibility index (Phi) is 4.08. The Hall–Kier alpha value is 0.0500. The molecule has 0 fully saturated rings. The fourth-order valence-corrected chi connectivity index (χ4v) is 3.01. The van der Waals surface area contributed by atoms with Gasteiger partial charge in [-0.3, -0.25) is 0 Å². The summed E-state index contributed by atoms with van der Waals surface area (Å²) in [4.78, 5) is 0. The highest BCUT2D eigenvalue weighted by molar-refractivity contribution is 9.10. The van der Waals surface area contributed by atoms with Gasteiger partial charge in [0.15, 0.2) is 0 Å². The van der Waals surface area contributed by atoms with E-state index >= 15 is 0 Å². The average molecular weight is 273 g/mol. The van der Waals surface area contributed by atoms with Crippen LogP contribution in [-0.4, -0.2) is 11.5 Å². The highest BCUT2D eigenvalue weighted by Gasteiger charge is 2.28. The number of halogens is 1. The molecule has 0 spiro atoms. The van der Waals surface area contributed by atoms with Crippen molar-refractivity contribution in [3.8, 4) is 0 Å². The minimum Gasteiger partial charge on any atom is -0.161 e. The summed E-state index contributed by atoms with van der Waals surface area (Å²) in [6, 6.07) is 8.49. The van der Waals surface area contributed by atoms with Gasteiger partial charge in [-0.15, -0.1) is 0 Å². The smallest absolute Gasteiger partial charge is 0.0213 e. The van der Waals surface area contributed by atoms with Gasteiger partial charge in [0.2, 0.25) is 0 Å². The van der Waals surface area contributed by atoms with E-state index < -0.39 is 0 Å². The first-order valence-corrected chi connectivity index (χ1v) is 6.86. The zero-order valence-corrected chi connectivity index (χ0v) is 11.6. The van der Waals surface area contributed by atoms with E-state index in [4.69, 9.17) is 0 Å². The topological polar surface area (TPSA) is 0 Å². The molecule has 0 N–H and O–H groups in total. The van der Waals surface area contributed by atoms with Crippen LogP contribution in [0.1, 0.15) is 26.3 Å².